The van der Waals surface area contributed by atoms with E-state index in [2.05, 4.69) is 13.2 Å². The average molecular weight is 253 g/mol. The van der Waals surface area contributed by atoms with Crippen molar-refractivity contribution in [3.8, 4) is 0 Å². The summed E-state index contributed by atoms with van der Waals surface area (Å²) in [7, 11) is 0. The van der Waals surface area contributed by atoms with Crippen LogP contribution in [0.4, 0.5) is 4.79 Å². The molecule has 1 saturated heterocycles. The number of amides is 1. The minimum Gasteiger partial charge on any atom is -0.444 e. The van der Waals surface area contributed by atoms with Gasteiger partial charge in [-0.1, -0.05) is 25.3 Å². The van der Waals surface area contributed by atoms with Gasteiger partial charge >= 0.3 is 6.09 Å². The second-order valence-electron chi connectivity index (χ2n) is 5.63. The van der Waals surface area contributed by atoms with E-state index >= 15 is 0 Å². The fourth-order valence-electron chi connectivity index (χ4n) is 2.14. The first-order chi connectivity index (χ1) is 8.23. The molecule has 1 aliphatic rings. The summed E-state index contributed by atoms with van der Waals surface area (Å²) in [6.45, 7) is 13.3. The molecule has 0 aromatic heterocycles. The van der Waals surface area contributed by atoms with Crippen LogP contribution >= 0.6 is 0 Å². The SMILES string of the molecule is C=CC(O)(C=C)C1CCCN1C(=O)OC(C)(C)C. The fourth-order valence-corrected chi connectivity index (χ4v) is 2.14. The molecule has 18 heavy (non-hydrogen) atoms. The van der Waals surface area contributed by atoms with Gasteiger partial charge in [0, 0.05) is 6.54 Å². The molecule has 1 N–H and O–H groups in total. The van der Waals surface area contributed by atoms with Crippen molar-refractivity contribution in [2.45, 2.75) is 50.9 Å². The molecule has 0 aliphatic carbocycles. The first-order valence-electron chi connectivity index (χ1n) is 6.22. The van der Waals surface area contributed by atoms with Crippen LogP contribution in [0.5, 0.6) is 0 Å². The van der Waals surface area contributed by atoms with Gasteiger partial charge in [0.25, 0.3) is 0 Å². The second-order valence-corrected chi connectivity index (χ2v) is 5.63. The predicted octanol–water partition coefficient (Wildman–Crippen LogP) is 2.49. The lowest BCUT2D eigenvalue weighted by Gasteiger charge is -2.35. The van der Waals surface area contributed by atoms with E-state index in [1.54, 1.807) is 4.90 Å². The molecular formula is C14H23NO3. The zero-order valence-electron chi connectivity index (χ0n) is 11.5. The summed E-state index contributed by atoms with van der Waals surface area (Å²) in [5, 5.41) is 10.4. The number of rotatable bonds is 3. The molecular weight excluding hydrogens is 230 g/mol. The molecule has 1 aliphatic heterocycles. The molecule has 0 spiro atoms. The molecule has 1 atom stereocenters. The molecule has 1 amide bonds. The minimum absolute atomic E-state index is 0.345. The maximum Gasteiger partial charge on any atom is 0.410 e. The lowest BCUT2D eigenvalue weighted by atomic mass is 9.92. The van der Waals surface area contributed by atoms with Crippen LogP contribution in [-0.2, 0) is 4.74 Å². The van der Waals surface area contributed by atoms with Crippen molar-refractivity contribution in [1.82, 2.24) is 4.90 Å². The van der Waals surface area contributed by atoms with E-state index in [0.717, 1.165) is 6.42 Å². The molecule has 0 aromatic rings. The van der Waals surface area contributed by atoms with Crippen molar-refractivity contribution in [2.24, 2.45) is 0 Å². The Bertz CT molecular complexity index is 335. The summed E-state index contributed by atoms with van der Waals surface area (Å²) in [6, 6.07) is -0.345. The number of carbonyl (C=O) groups excluding carboxylic acids is 1. The van der Waals surface area contributed by atoms with Gasteiger partial charge in [0.2, 0.25) is 0 Å². The van der Waals surface area contributed by atoms with E-state index in [-0.39, 0.29) is 6.04 Å². The third-order valence-corrected chi connectivity index (χ3v) is 3.07. The van der Waals surface area contributed by atoms with E-state index in [0.29, 0.717) is 13.0 Å². The second kappa shape index (κ2) is 5.14. The summed E-state index contributed by atoms with van der Waals surface area (Å²) < 4.78 is 5.34. The van der Waals surface area contributed by atoms with Crippen LogP contribution in [0.3, 0.4) is 0 Å². The van der Waals surface area contributed by atoms with Crippen LogP contribution in [0.1, 0.15) is 33.6 Å². The first kappa shape index (κ1) is 14.8. The highest BCUT2D eigenvalue weighted by molar-refractivity contribution is 5.69. The van der Waals surface area contributed by atoms with Crippen LogP contribution in [0, 0.1) is 0 Å². The van der Waals surface area contributed by atoms with Crippen molar-refractivity contribution in [3.63, 3.8) is 0 Å². The number of likely N-dealkylation sites (tertiary alicyclic amines) is 1. The quantitative estimate of drug-likeness (QED) is 0.786. The molecule has 0 bridgehead atoms. The zero-order valence-corrected chi connectivity index (χ0v) is 11.5. The molecule has 1 unspecified atom stereocenters. The first-order valence-corrected chi connectivity index (χ1v) is 6.22. The Kier molecular flexibility index (Phi) is 4.22. The number of aliphatic hydroxyl groups is 1. The van der Waals surface area contributed by atoms with Crippen molar-refractivity contribution < 1.29 is 14.6 Å². The molecule has 1 rings (SSSR count). The Morgan fingerprint density at radius 2 is 1.94 bits per heavy atom. The average Bonchev–Trinajstić information content (AvgIpc) is 2.75. The van der Waals surface area contributed by atoms with Crippen LogP contribution < -0.4 is 0 Å². The van der Waals surface area contributed by atoms with Crippen molar-refractivity contribution in [3.05, 3.63) is 25.3 Å². The van der Waals surface area contributed by atoms with E-state index in [4.69, 9.17) is 4.74 Å². The highest BCUT2D eigenvalue weighted by Crippen LogP contribution is 2.30. The van der Waals surface area contributed by atoms with Gasteiger partial charge in [0.15, 0.2) is 0 Å². The van der Waals surface area contributed by atoms with Crippen molar-refractivity contribution >= 4 is 6.09 Å². The molecule has 4 heteroatoms. The zero-order chi connectivity index (χ0) is 14.0. The fraction of sp³-hybridized carbons (Fsp3) is 0.643. The number of hydrogen-bond acceptors (Lipinski definition) is 3. The standard InChI is InChI=1S/C14H23NO3/c1-6-14(17,7-2)11-9-8-10-15(11)12(16)18-13(3,4)5/h6-7,11,17H,1-2,8-10H2,3-5H3. The molecule has 102 valence electrons. The Labute approximate surface area is 109 Å². The molecule has 0 saturated carbocycles. The van der Waals surface area contributed by atoms with E-state index < -0.39 is 17.3 Å². The Balaban J connectivity index is 2.85. The monoisotopic (exact) mass is 253 g/mol. The van der Waals surface area contributed by atoms with Gasteiger partial charge in [-0.25, -0.2) is 4.79 Å². The largest absolute Gasteiger partial charge is 0.444 e. The molecule has 0 radical (unpaired) electrons. The highest BCUT2D eigenvalue weighted by Gasteiger charge is 2.42. The predicted molar refractivity (Wildman–Crippen MR) is 71.3 cm³/mol. The van der Waals surface area contributed by atoms with Gasteiger partial charge in [-0.05, 0) is 33.6 Å². The lowest BCUT2D eigenvalue weighted by Crippen LogP contribution is -2.50. The van der Waals surface area contributed by atoms with Crippen molar-refractivity contribution in [1.29, 1.82) is 0 Å². The maximum absolute atomic E-state index is 12.1. The third-order valence-electron chi connectivity index (χ3n) is 3.07. The molecule has 1 heterocycles. The van der Waals surface area contributed by atoms with Crippen LogP contribution in [-0.4, -0.2) is 39.9 Å². The number of ether oxygens (including phenoxy) is 1. The van der Waals surface area contributed by atoms with E-state index in [1.807, 2.05) is 20.8 Å². The normalized spacial score (nSPS) is 20.7. The number of hydrogen-bond donors (Lipinski definition) is 1. The molecule has 0 aromatic carbocycles. The van der Waals surface area contributed by atoms with E-state index in [1.165, 1.54) is 12.2 Å². The van der Waals surface area contributed by atoms with Crippen LogP contribution in [0.25, 0.3) is 0 Å². The Hall–Kier alpha value is -1.29. The summed E-state index contributed by atoms with van der Waals surface area (Å²) in [5.41, 5.74) is -1.79. The number of nitrogens with zero attached hydrogens (tertiary/aromatic N) is 1. The van der Waals surface area contributed by atoms with Gasteiger partial charge in [0.1, 0.15) is 11.2 Å². The van der Waals surface area contributed by atoms with Gasteiger partial charge in [-0.15, -0.1) is 0 Å². The summed E-state index contributed by atoms with van der Waals surface area (Å²) >= 11 is 0. The summed E-state index contributed by atoms with van der Waals surface area (Å²) in [5.74, 6) is 0. The van der Waals surface area contributed by atoms with Crippen LogP contribution in [0.2, 0.25) is 0 Å². The van der Waals surface area contributed by atoms with Gasteiger partial charge in [0.05, 0.1) is 6.04 Å². The smallest absolute Gasteiger partial charge is 0.410 e. The van der Waals surface area contributed by atoms with Crippen LogP contribution in [0.15, 0.2) is 25.3 Å². The summed E-state index contributed by atoms with van der Waals surface area (Å²) in [4.78, 5) is 13.6. The molecule has 1 fully saturated rings. The van der Waals surface area contributed by atoms with Gasteiger partial charge in [-0.2, -0.15) is 0 Å². The van der Waals surface area contributed by atoms with Gasteiger partial charge < -0.3 is 14.7 Å². The highest BCUT2D eigenvalue weighted by atomic mass is 16.6. The molecule has 4 nitrogen and oxygen atoms in total. The topological polar surface area (TPSA) is 49.8 Å². The Morgan fingerprint density at radius 3 is 2.39 bits per heavy atom. The van der Waals surface area contributed by atoms with E-state index in [9.17, 15) is 9.90 Å². The minimum atomic E-state index is -1.26. The third kappa shape index (κ3) is 3.13. The van der Waals surface area contributed by atoms with Gasteiger partial charge in [-0.3, -0.25) is 0 Å². The number of carbonyl (C=O) groups is 1. The Morgan fingerprint density at radius 1 is 1.39 bits per heavy atom. The lowest BCUT2D eigenvalue weighted by molar-refractivity contribution is -0.00237. The van der Waals surface area contributed by atoms with Crippen molar-refractivity contribution in [2.75, 3.05) is 6.54 Å². The summed E-state index contributed by atoms with van der Waals surface area (Å²) in [6.07, 6.45) is 4.01. The maximum atomic E-state index is 12.1.